The van der Waals surface area contributed by atoms with Crippen molar-refractivity contribution in [1.29, 1.82) is 0 Å². The van der Waals surface area contributed by atoms with Gasteiger partial charge in [-0.25, -0.2) is 4.79 Å². The summed E-state index contributed by atoms with van der Waals surface area (Å²) >= 11 is 0. The van der Waals surface area contributed by atoms with E-state index in [2.05, 4.69) is 5.32 Å². The summed E-state index contributed by atoms with van der Waals surface area (Å²) in [6, 6.07) is 12.9. The Morgan fingerprint density at radius 1 is 1.24 bits per heavy atom. The van der Waals surface area contributed by atoms with Gasteiger partial charge in [0.1, 0.15) is 5.75 Å². The lowest BCUT2D eigenvalue weighted by molar-refractivity contribution is 0.0697. The van der Waals surface area contributed by atoms with Gasteiger partial charge in [-0.2, -0.15) is 0 Å². The Morgan fingerprint density at radius 3 is 2.67 bits per heavy atom. The molecule has 2 rings (SSSR count). The Balaban J connectivity index is 2.11. The highest BCUT2D eigenvalue weighted by Gasteiger charge is 2.07. The third kappa shape index (κ3) is 3.75. The highest BCUT2D eigenvalue weighted by molar-refractivity contribution is 5.88. The quantitative estimate of drug-likeness (QED) is 0.849. The number of hydrogen-bond donors (Lipinski definition) is 2. The van der Waals surface area contributed by atoms with Gasteiger partial charge in [0.25, 0.3) is 0 Å². The molecule has 2 aromatic rings. The van der Waals surface area contributed by atoms with Crippen molar-refractivity contribution in [1.82, 2.24) is 0 Å². The van der Waals surface area contributed by atoms with Crippen molar-refractivity contribution >= 4 is 11.7 Å². The summed E-state index contributed by atoms with van der Waals surface area (Å²) in [6.45, 7) is 5.11. The number of para-hydroxylation sites is 1. The maximum Gasteiger partial charge on any atom is 0.335 e. The molecule has 0 heterocycles. The average Bonchev–Trinajstić information content (AvgIpc) is 2.47. The minimum atomic E-state index is -0.911. The summed E-state index contributed by atoms with van der Waals surface area (Å²) in [5, 5.41) is 12.3. The third-order valence-electron chi connectivity index (χ3n) is 3.22. The van der Waals surface area contributed by atoms with Crippen LogP contribution in [0, 0.1) is 6.92 Å². The zero-order chi connectivity index (χ0) is 15.2. The van der Waals surface area contributed by atoms with Crippen molar-refractivity contribution in [3.05, 3.63) is 59.2 Å². The van der Waals surface area contributed by atoms with Crippen LogP contribution in [0.2, 0.25) is 0 Å². The highest BCUT2D eigenvalue weighted by atomic mass is 16.5. The molecule has 0 spiro atoms. The lowest BCUT2D eigenvalue weighted by atomic mass is 10.1. The fraction of sp³-hybridized carbons (Fsp3) is 0.235. The summed E-state index contributed by atoms with van der Waals surface area (Å²) in [6.07, 6.45) is 0. The van der Waals surface area contributed by atoms with Gasteiger partial charge < -0.3 is 15.2 Å². The summed E-state index contributed by atoms with van der Waals surface area (Å²) in [5.74, 6) is -0.0429. The largest absolute Gasteiger partial charge is 0.494 e. The zero-order valence-electron chi connectivity index (χ0n) is 12.2. The fourth-order valence-corrected chi connectivity index (χ4v) is 2.13. The first-order valence-electron chi connectivity index (χ1n) is 6.90. The smallest absolute Gasteiger partial charge is 0.335 e. The molecular weight excluding hydrogens is 266 g/mol. The standard InChI is InChI=1S/C17H19NO3/c1-3-21-16-7-5-4-6-14(16)11-18-15-9-8-13(17(19)20)10-12(15)2/h4-10,18H,3,11H2,1-2H3,(H,19,20). The number of benzene rings is 2. The Bertz CT molecular complexity index is 638. The second-order valence-corrected chi connectivity index (χ2v) is 4.73. The van der Waals surface area contributed by atoms with E-state index >= 15 is 0 Å². The molecule has 0 aliphatic heterocycles. The van der Waals surface area contributed by atoms with E-state index in [0.29, 0.717) is 18.7 Å². The second-order valence-electron chi connectivity index (χ2n) is 4.73. The molecule has 2 aromatic carbocycles. The predicted octanol–water partition coefficient (Wildman–Crippen LogP) is 3.70. The van der Waals surface area contributed by atoms with E-state index in [1.807, 2.05) is 38.1 Å². The molecule has 0 fully saturated rings. The van der Waals surface area contributed by atoms with Gasteiger partial charge in [-0.3, -0.25) is 0 Å². The fourth-order valence-electron chi connectivity index (χ4n) is 2.13. The summed E-state index contributed by atoms with van der Waals surface area (Å²) in [5.41, 5.74) is 3.20. The van der Waals surface area contributed by atoms with E-state index in [4.69, 9.17) is 9.84 Å². The first-order valence-corrected chi connectivity index (χ1v) is 6.90. The number of carboxylic acid groups (broad SMARTS) is 1. The van der Waals surface area contributed by atoms with Crippen LogP contribution in [0.15, 0.2) is 42.5 Å². The van der Waals surface area contributed by atoms with Crippen LogP contribution >= 0.6 is 0 Å². The van der Waals surface area contributed by atoms with Crippen LogP contribution in [0.25, 0.3) is 0 Å². The highest BCUT2D eigenvalue weighted by Crippen LogP contribution is 2.21. The molecule has 2 N–H and O–H groups in total. The molecule has 0 amide bonds. The molecule has 4 nitrogen and oxygen atoms in total. The number of hydrogen-bond acceptors (Lipinski definition) is 3. The Morgan fingerprint density at radius 2 is 2.00 bits per heavy atom. The van der Waals surface area contributed by atoms with Gasteiger partial charge in [0, 0.05) is 17.8 Å². The number of rotatable bonds is 6. The number of carbonyl (C=O) groups is 1. The average molecular weight is 285 g/mol. The monoisotopic (exact) mass is 285 g/mol. The maximum atomic E-state index is 10.9. The van der Waals surface area contributed by atoms with Crippen molar-refractivity contribution in [3.63, 3.8) is 0 Å². The molecule has 0 aliphatic rings. The molecule has 0 aliphatic carbocycles. The van der Waals surface area contributed by atoms with E-state index in [1.165, 1.54) is 0 Å². The first kappa shape index (κ1) is 14.9. The lowest BCUT2D eigenvalue weighted by Gasteiger charge is -2.13. The lowest BCUT2D eigenvalue weighted by Crippen LogP contribution is -2.05. The molecule has 0 radical (unpaired) electrons. The van der Waals surface area contributed by atoms with Crippen LogP contribution in [0.3, 0.4) is 0 Å². The molecule has 0 aromatic heterocycles. The van der Waals surface area contributed by atoms with Crippen LogP contribution in [0.4, 0.5) is 5.69 Å². The van der Waals surface area contributed by atoms with Crippen molar-refractivity contribution in [2.24, 2.45) is 0 Å². The Kier molecular flexibility index (Phi) is 4.82. The van der Waals surface area contributed by atoms with E-state index < -0.39 is 5.97 Å². The van der Waals surface area contributed by atoms with Crippen LogP contribution in [0.5, 0.6) is 5.75 Å². The van der Waals surface area contributed by atoms with Crippen molar-refractivity contribution in [3.8, 4) is 5.75 Å². The maximum absolute atomic E-state index is 10.9. The van der Waals surface area contributed by atoms with Crippen molar-refractivity contribution in [2.45, 2.75) is 20.4 Å². The SMILES string of the molecule is CCOc1ccccc1CNc1ccc(C(=O)O)cc1C. The molecule has 4 heteroatoms. The van der Waals surface area contributed by atoms with Crippen LogP contribution in [-0.2, 0) is 6.54 Å². The Hall–Kier alpha value is -2.49. The van der Waals surface area contributed by atoms with E-state index in [9.17, 15) is 4.79 Å². The van der Waals surface area contributed by atoms with Gasteiger partial charge in [0.15, 0.2) is 0 Å². The summed E-state index contributed by atoms with van der Waals surface area (Å²) in [7, 11) is 0. The first-order chi connectivity index (χ1) is 10.1. The molecular formula is C17H19NO3. The molecule has 0 bridgehead atoms. The number of aromatic carboxylic acids is 1. The van der Waals surface area contributed by atoms with Gasteiger partial charge in [-0.05, 0) is 43.7 Å². The van der Waals surface area contributed by atoms with Gasteiger partial charge >= 0.3 is 5.97 Å². The van der Waals surface area contributed by atoms with Crippen LogP contribution in [-0.4, -0.2) is 17.7 Å². The van der Waals surface area contributed by atoms with E-state index in [1.54, 1.807) is 18.2 Å². The third-order valence-corrected chi connectivity index (χ3v) is 3.22. The van der Waals surface area contributed by atoms with Gasteiger partial charge in [-0.15, -0.1) is 0 Å². The molecule has 0 saturated carbocycles. The van der Waals surface area contributed by atoms with E-state index in [-0.39, 0.29) is 0 Å². The molecule has 0 unspecified atom stereocenters. The molecule has 21 heavy (non-hydrogen) atoms. The van der Waals surface area contributed by atoms with Gasteiger partial charge in [0.05, 0.1) is 12.2 Å². The summed E-state index contributed by atoms with van der Waals surface area (Å²) < 4.78 is 5.59. The Labute approximate surface area is 124 Å². The number of ether oxygens (including phenoxy) is 1. The van der Waals surface area contributed by atoms with Crippen molar-refractivity contribution < 1.29 is 14.6 Å². The molecule has 110 valence electrons. The molecule has 0 saturated heterocycles. The minimum Gasteiger partial charge on any atom is -0.494 e. The molecule has 0 atom stereocenters. The van der Waals surface area contributed by atoms with Crippen molar-refractivity contribution in [2.75, 3.05) is 11.9 Å². The number of aryl methyl sites for hydroxylation is 1. The minimum absolute atomic E-state index is 0.299. The topological polar surface area (TPSA) is 58.6 Å². The second kappa shape index (κ2) is 6.79. The predicted molar refractivity (Wildman–Crippen MR) is 83.1 cm³/mol. The van der Waals surface area contributed by atoms with Gasteiger partial charge in [0.2, 0.25) is 0 Å². The van der Waals surface area contributed by atoms with E-state index in [0.717, 1.165) is 22.6 Å². The number of anilines is 1. The normalized spacial score (nSPS) is 10.2. The van der Waals surface area contributed by atoms with Crippen LogP contribution < -0.4 is 10.1 Å². The van der Waals surface area contributed by atoms with Gasteiger partial charge in [-0.1, -0.05) is 18.2 Å². The zero-order valence-corrected chi connectivity index (χ0v) is 12.2. The van der Waals surface area contributed by atoms with Crippen LogP contribution in [0.1, 0.15) is 28.4 Å². The summed E-state index contributed by atoms with van der Waals surface area (Å²) in [4.78, 5) is 10.9. The number of nitrogens with one attached hydrogen (secondary N) is 1. The number of carboxylic acids is 1.